The van der Waals surface area contributed by atoms with Crippen LogP contribution in [0.5, 0.6) is 0 Å². The minimum atomic E-state index is -2.39. The van der Waals surface area contributed by atoms with Crippen LogP contribution in [0.25, 0.3) is 0 Å². The molecule has 3 aliphatic heterocycles. The molecule has 3 heterocycles. The third kappa shape index (κ3) is 14.4. The number of nitrogens with zero attached hydrogens (tertiary/aromatic N) is 1. The summed E-state index contributed by atoms with van der Waals surface area (Å²) in [7, 11) is 4.90. The van der Waals surface area contributed by atoms with Crippen LogP contribution >= 0.6 is 0 Å². The number of hydrogen-bond donors (Lipinski definition) is 1. The Morgan fingerprint density at radius 3 is 2.23 bits per heavy atom. The first-order chi connectivity index (χ1) is 30.7. The summed E-state index contributed by atoms with van der Waals surface area (Å²) in [4.78, 5) is 72.3. The first-order valence-corrected chi connectivity index (χ1v) is 24.6. The topological polar surface area (TPSA) is 155 Å². The first kappa shape index (κ1) is 54.3. The molecule has 12 nitrogen and oxygen atoms in total. The number of carbonyl (C=O) groups excluding carboxylic acids is 5. The molecule has 2 saturated heterocycles. The second kappa shape index (κ2) is 25.2. The van der Waals surface area contributed by atoms with Crippen LogP contribution in [0.4, 0.5) is 0 Å². The molecule has 1 amide bonds. The molecule has 0 radical (unpaired) electrons. The van der Waals surface area contributed by atoms with E-state index in [0.29, 0.717) is 56.8 Å². The lowest BCUT2D eigenvalue weighted by Crippen LogP contribution is -2.61. The van der Waals surface area contributed by atoms with E-state index in [1.54, 1.807) is 28.3 Å². The van der Waals surface area contributed by atoms with E-state index in [9.17, 15) is 29.1 Å². The average Bonchev–Trinajstić information content (AvgIpc) is 3.28. The molecule has 1 aliphatic carbocycles. The predicted molar refractivity (Wildman–Crippen MR) is 251 cm³/mol. The molecule has 0 aromatic carbocycles. The first-order valence-electron chi connectivity index (χ1n) is 24.6. The second-order valence-electron chi connectivity index (χ2n) is 20.3. The van der Waals surface area contributed by atoms with Gasteiger partial charge in [0.15, 0.2) is 5.78 Å². The molecular formula is C53H83NO11. The number of rotatable bonds is 6. The second-order valence-corrected chi connectivity index (χ2v) is 20.3. The van der Waals surface area contributed by atoms with Crippen molar-refractivity contribution in [1.29, 1.82) is 0 Å². The lowest BCUT2D eigenvalue weighted by atomic mass is 9.76. The van der Waals surface area contributed by atoms with Gasteiger partial charge < -0.3 is 33.7 Å². The van der Waals surface area contributed by atoms with Crippen molar-refractivity contribution in [2.45, 2.75) is 182 Å². The van der Waals surface area contributed by atoms with Crippen molar-refractivity contribution in [2.75, 3.05) is 27.9 Å². The van der Waals surface area contributed by atoms with Crippen LogP contribution in [-0.2, 0) is 47.7 Å². The molecule has 12 heteroatoms. The smallest absolute Gasteiger partial charge is 0.329 e. The maximum Gasteiger partial charge on any atom is 0.329 e. The van der Waals surface area contributed by atoms with Gasteiger partial charge in [-0.1, -0.05) is 90.5 Å². The van der Waals surface area contributed by atoms with Gasteiger partial charge in [-0.25, -0.2) is 4.79 Å². The number of methoxy groups -OCH3 is 3. The number of hydrogen-bond acceptors (Lipinski definition) is 11. The van der Waals surface area contributed by atoms with Gasteiger partial charge in [0.05, 0.1) is 18.3 Å². The van der Waals surface area contributed by atoms with Gasteiger partial charge in [0, 0.05) is 64.4 Å². The number of esters is 1. The van der Waals surface area contributed by atoms with Crippen LogP contribution in [0.1, 0.15) is 139 Å². The number of aliphatic hydroxyl groups is 1. The summed E-state index contributed by atoms with van der Waals surface area (Å²) >= 11 is 0. The van der Waals surface area contributed by atoms with Crippen LogP contribution in [0.2, 0.25) is 0 Å². The van der Waals surface area contributed by atoms with E-state index in [1.165, 1.54) is 4.90 Å². The summed E-state index contributed by atoms with van der Waals surface area (Å²) in [5.41, 5.74) is 1.77. The molecule has 8 unspecified atom stereocenters. The molecule has 2 bridgehead atoms. The summed E-state index contributed by atoms with van der Waals surface area (Å²) in [6.45, 7) is 17.7. The minimum absolute atomic E-state index is 0.0102. The highest BCUT2D eigenvalue weighted by atomic mass is 16.6. The Balaban J connectivity index is 1.70. The number of allylic oxidation sites excluding steroid dienone is 6. The fraction of sp³-hybridized carbons (Fsp3) is 0.755. The third-order valence-electron chi connectivity index (χ3n) is 15.3. The Bertz CT molecular complexity index is 1750. The van der Waals surface area contributed by atoms with E-state index in [4.69, 9.17) is 23.7 Å². The van der Waals surface area contributed by atoms with Crippen molar-refractivity contribution < 1.29 is 52.8 Å². The average molecular weight is 910 g/mol. The zero-order chi connectivity index (χ0) is 48.2. The van der Waals surface area contributed by atoms with Crippen molar-refractivity contribution in [3.05, 3.63) is 47.6 Å². The monoisotopic (exact) mass is 910 g/mol. The van der Waals surface area contributed by atoms with Gasteiger partial charge >= 0.3 is 5.97 Å². The molecule has 1 N–H and O–H groups in total. The van der Waals surface area contributed by atoms with Crippen LogP contribution in [0.3, 0.4) is 0 Å². The van der Waals surface area contributed by atoms with Gasteiger partial charge in [0.25, 0.3) is 11.7 Å². The van der Waals surface area contributed by atoms with Gasteiger partial charge in [-0.05, 0) is 107 Å². The predicted octanol–water partition coefficient (Wildman–Crippen LogP) is 8.73. The van der Waals surface area contributed by atoms with Gasteiger partial charge in [-0.15, -0.1) is 0 Å². The number of cyclic esters (lactones) is 1. The van der Waals surface area contributed by atoms with E-state index >= 15 is 0 Å². The number of ether oxygens (including phenoxy) is 5. The lowest BCUT2D eigenvalue weighted by Gasteiger charge is -2.42. The highest BCUT2D eigenvalue weighted by molar-refractivity contribution is 6.39. The molecule has 366 valence electrons. The van der Waals surface area contributed by atoms with Crippen LogP contribution in [0.15, 0.2) is 47.6 Å². The molecule has 4 rings (SSSR count). The van der Waals surface area contributed by atoms with Crippen LogP contribution < -0.4 is 0 Å². The van der Waals surface area contributed by atoms with Gasteiger partial charge in [-0.3, -0.25) is 19.2 Å². The molecule has 65 heavy (non-hydrogen) atoms. The zero-order valence-electron chi connectivity index (χ0n) is 41.7. The molecular weight excluding hydrogens is 827 g/mol. The fourth-order valence-corrected chi connectivity index (χ4v) is 10.6. The van der Waals surface area contributed by atoms with Gasteiger partial charge in [-0.2, -0.15) is 0 Å². The van der Waals surface area contributed by atoms with Crippen LogP contribution in [-0.4, -0.2) is 109 Å². The Kier molecular flexibility index (Phi) is 21.0. The largest absolute Gasteiger partial charge is 0.460 e. The van der Waals surface area contributed by atoms with Crippen molar-refractivity contribution in [3.63, 3.8) is 0 Å². The van der Waals surface area contributed by atoms with E-state index in [0.717, 1.165) is 30.4 Å². The van der Waals surface area contributed by atoms with E-state index < -0.39 is 59.6 Å². The van der Waals surface area contributed by atoms with Crippen molar-refractivity contribution in [1.82, 2.24) is 4.90 Å². The Labute approximate surface area is 390 Å². The highest BCUT2D eigenvalue weighted by Crippen LogP contribution is 2.38. The number of fused-ring (bicyclic) bond motifs is 3. The number of piperidine rings is 1. The molecule has 4 aliphatic rings. The molecule has 3 fully saturated rings. The van der Waals surface area contributed by atoms with E-state index in [2.05, 4.69) is 19.9 Å². The Morgan fingerprint density at radius 2 is 1.55 bits per heavy atom. The number of Topliss-reactive ketones (excluding diaryl/α,β-unsaturated/α-hetero) is 3. The third-order valence-corrected chi connectivity index (χ3v) is 15.3. The maximum atomic E-state index is 14.4. The summed E-state index contributed by atoms with van der Waals surface area (Å²) < 4.78 is 30.1. The summed E-state index contributed by atoms with van der Waals surface area (Å²) in [5.74, 6) is -6.38. The lowest BCUT2D eigenvalue weighted by molar-refractivity contribution is -0.265. The van der Waals surface area contributed by atoms with E-state index in [-0.39, 0.29) is 66.8 Å². The summed E-state index contributed by atoms with van der Waals surface area (Å²) in [6, 6.07) is -1.07. The Hall–Kier alpha value is -3.29. The standard InChI is InChI=1S/C53H83NO11/c1-32-18-14-13-15-19-33(2)46(62-11)30-42-24-22-39(8)53(60,65-42)50(57)51(58)54-25-17-16-20-43(54)52(59)64-47(37(6)28-41-23-21-34(3)45(29-41)61-10)31-44(55)36(5)27-35(4)40(9)49(63-12)48(56)38(7)26-32/h13-15,18-19,27,32,34,36-43,45-47,49,60H,16-17,20-26,28-31H2,1-12H3/b15-13+,18-14+,33-19+,35-27+/t32-,34-,36?,37-,38?,39-,40-,41?,42?,43?,45?,46+,47?,49?,53-/m1/s1. The quantitative estimate of drug-likeness (QED) is 0.155. The molecule has 0 aromatic rings. The summed E-state index contributed by atoms with van der Waals surface area (Å²) in [5, 5.41) is 12.0. The normalized spacial score (nSPS) is 40.4. The van der Waals surface area contributed by atoms with Crippen LogP contribution in [0, 0.1) is 47.3 Å². The van der Waals surface area contributed by atoms with Gasteiger partial charge in [0.1, 0.15) is 24.0 Å². The van der Waals surface area contributed by atoms with Crippen molar-refractivity contribution >= 4 is 29.2 Å². The molecule has 15 atom stereocenters. The molecule has 1 saturated carbocycles. The van der Waals surface area contributed by atoms with Crippen molar-refractivity contribution in [3.8, 4) is 0 Å². The van der Waals surface area contributed by atoms with Crippen molar-refractivity contribution in [2.24, 2.45) is 47.3 Å². The number of amides is 1. The minimum Gasteiger partial charge on any atom is -0.460 e. The van der Waals surface area contributed by atoms with E-state index in [1.807, 2.05) is 71.9 Å². The number of ketones is 3. The summed E-state index contributed by atoms with van der Waals surface area (Å²) in [6.07, 6.45) is 16.4. The highest BCUT2D eigenvalue weighted by Gasteiger charge is 2.53. The SMILES string of the molecule is COC1CC(C[C@@H](C)C2CC(=O)C(C)/C=C(\C)[C@@H](C)C(OC)C(=O)C(C)C[C@H](C)/C=C/C=C/C=C(\C)[C@@H](OC)CC3CC[C@@H](C)[C@@](O)(O3)C(=O)C(=O)N3CCCCC3C(=O)O2)CC[C@H]1C. The zero-order valence-corrected chi connectivity index (χ0v) is 41.7. The maximum absolute atomic E-state index is 14.4. The Morgan fingerprint density at radius 1 is 0.831 bits per heavy atom. The fourth-order valence-electron chi connectivity index (χ4n) is 10.6. The molecule has 0 spiro atoms. The van der Waals surface area contributed by atoms with Gasteiger partial charge in [0.2, 0.25) is 5.79 Å². The number of carbonyl (C=O) groups is 5. The molecule has 0 aromatic heterocycles.